The minimum Gasteiger partial charge on any atom is -0.468 e. The third-order valence-corrected chi connectivity index (χ3v) is 3.41. The van der Waals surface area contributed by atoms with E-state index in [1.54, 1.807) is 19.1 Å². The maximum Gasteiger partial charge on any atom is 0.325 e. The van der Waals surface area contributed by atoms with Crippen LogP contribution >= 0.6 is 0 Å². The van der Waals surface area contributed by atoms with E-state index in [0.29, 0.717) is 12.3 Å². The highest BCUT2D eigenvalue weighted by Gasteiger charge is 2.22. The van der Waals surface area contributed by atoms with Gasteiger partial charge in [0.05, 0.1) is 7.11 Å². The van der Waals surface area contributed by atoms with Crippen LogP contribution in [0.5, 0.6) is 0 Å². The molecule has 1 aromatic heterocycles. The summed E-state index contributed by atoms with van der Waals surface area (Å²) >= 11 is 0. The largest absolute Gasteiger partial charge is 0.468 e. The fourth-order valence-electron chi connectivity index (χ4n) is 2.12. The van der Waals surface area contributed by atoms with Crippen molar-refractivity contribution >= 4 is 11.9 Å². The number of hydrogen-bond acceptors (Lipinski definition) is 4. The molecule has 0 unspecified atom stereocenters. The summed E-state index contributed by atoms with van der Waals surface area (Å²) in [5, 5.41) is 0. The van der Waals surface area contributed by atoms with Gasteiger partial charge in [0.25, 0.3) is 5.91 Å². The molecule has 116 valence electrons. The van der Waals surface area contributed by atoms with Gasteiger partial charge in [-0.15, -0.1) is 0 Å². The topological polar surface area (TPSA) is 59.8 Å². The summed E-state index contributed by atoms with van der Waals surface area (Å²) in [7, 11) is 1.30. The Bertz CT molecular complexity index is 675. The van der Waals surface area contributed by atoms with Crippen molar-refractivity contribution in [2.45, 2.75) is 20.4 Å². The van der Waals surface area contributed by atoms with Crippen LogP contribution in [0.3, 0.4) is 0 Å². The summed E-state index contributed by atoms with van der Waals surface area (Å²) < 4.78 is 10.0. The second-order valence-corrected chi connectivity index (χ2v) is 5.07. The van der Waals surface area contributed by atoms with Crippen LogP contribution in [-0.4, -0.2) is 30.4 Å². The molecule has 0 spiro atoms. The average Bonchev–Trinajstić information content (AvgIpc) is 2.94. The molecule has 1 aromatic carbocycles. The number of hydrogen-bond donors (Lipinski definition) is 0. The van der Waals surface area contributed by atoms with Gasteiger partial charge in [-0.2, -0.15) is 0 Å². The van der Waals surface area contributed by atoms with Gasteiger partial charge in [-0.25, -0.2) is 0 Å². The zero-order chi connectivity index (χ0) is 16.1. The molecule has 0 atom stereocenters. The third kappa shape index (κ3) is 3.75. The quantitative estimate of drug-likeness (QED) is 0.797. The highest BCUT2D eigenvalue weighted by atomic mass is 16.5. The molecule has 1 amide bonds. The summed E-state index contributed by atoms with van der Waals surface area (Å²) in [6.07, 6.45) is 0. The summed E-state index contributed by atoms with van der Waals surface area (Å²) in [6, 6.07) is 11.1. The maximum absolute atomic E-state index is 12.5. The van der Waals surface area contributed by atoms with Crippen LogP contribution in [0.25, 0.3) is 0 Å². The zero-order valence-corrected chi connectivity index (χ0v) is 13.0. The molecule has 0 aliphatic rings. The van der Waals surface area contributed by atoms with Crippen LogP contribution in [0.4, 0.5) is 0 Å². The minimum atomic E-state index is -0.467. The standard InChI is InChI=1S/C17H19NO4/c1-12-6-4-5-7-14(12)10-18(11-16(19)21-3)17(20)15-9-8-13(2)22-15/h4-9H,10-11H2,1-3H3. The monoisotopic (exact) mass is 301 g/mol. The molecule has 2 rings (SSSR count). The fourth-order valence-corrected chi connectivity index (χ4v) is 2.12. The van der Waals surface area contributed by atoms with E-state index in [1.807, 2.05) is 31.2 Å². The van der Waals surface area contributed by atoms with Gasteiger partial charge in [0.15, 0.2) is 5.76 Å². The normalized spacial score (nSPS) is 10.3. The number of methoxy groups -OCH3 is 1. The first-order valence-electron chi connectivity index (χ1n) is 6.98. The molecule has 0 saturated heterocycles. The Kier molecular flexibility index (Phi) is 4.99. The Balaban J connectivity index is 2.24. The molecular weight excluding hydrogens is 282 g/mol. The van der Waals surface area contributed by atoms with E-state index in [9.17, 15) is 9.59 Å². The van der Waals surface area contributed by atoms with Crippen LogP contribution in [0.1, 0.15) is 27.4 Å². The molecule has 0 N–H and O–H groups in total. The van der Waals surface area contributed by atoms with E-state index in [2.05, 4.69) is 4.74 Å². The second-order valence-electron chi connectivity index (χ2n) is 5.07. The van der Waals surface area contributed by atoms with Gasteiger partial charge in [0.2, 0.25) is 0 Å². The minimum absolute atomic E-state index is 0.122. The average molecular weight is 301 g/mol. The number of nitrogens with zero attached hydrogens (tertiary/aromatic N) is 1. The smallest absolute Gasteiger partial charge is 0.325 e. The van der Waals surface area contributed by atoms with Crippen molar-refractivity contribution in [3.63, 3.8) is 0 Å². The number of benzene rings is 1. The lowest BCUT2D eigenvalue weighted by Gasteiger charge is -2.21. The molecule has 0 saturated carbocycles. The fraction of sp³-hybridized carbons (Fsp3) is 0.294. The van der Waals surface area contributed by atoms with Crippen molar-refractivity contribution < 1.29 is 18.7 Å². The predicted molar refractivity (Wildman–Crippen MR) is 81.4 cm³/mol. The Morgan fingerprint density at radius 3 is 2.45 bits per heavy atom. The van der Waals surface area contributed by atoms with Crippen molar-refractivity contribution in [2.24, 2.45) is 0 Å². The van der Waals surface area contributed by atoms with Gasteiger partial charge >= 0.3 is 5.97 Å². The van der Waals surface area contributed by atoms with E-state index in [4.69, 9.17) is 4.42 Å². The molecule has 0 aliphatic carbocycles. The van der Waals surface area contributed by atoms with Gasteiger partial charge in [-0.05, 0) is 37.1 Å². The van der Waals surface area contributed by atoms with E-state index < -0.39 is 5.97 Å². The molecule has 0 aliphatic heterocycles. The molecule has 0 bridgehead atoms. The second kappa shape index (κ2) is 6.93. The number of amides is 1. The molecule has 0 fully saturated rings. The van der Waals surface area contributed by atoms with Gasteiger partial charge < -0.3 is 14.1 Å². The number of carbonyl (C=O) groups is 2. The molecule has 22 heavy (non-hydrogen) atoms. The molecular formula is C17H19NO4. The maximum atomic E-state index is 12.5. The summed E-state index contributed by atoms with van der Waals surface area (Å²) in [5.41, 5.74) is 2.03. The number of rotatable bonds is 5. The molecule has 2 aromatic rings. The summed E-state index contributed by atoms with van der Waals surface area (Å²) in [4.78, 5) is 25.6. The van der Waals surface area contributed by atoms with Gasteiger partial charge in [-0.3, -0.25) is 9.59 Å². The van der Waals surface area contributed by atoms with Crippen molar-refractivity contribution in [1.82, 2.24) is 4.90 Å². The van der Waals surface area contributed by atoms with Crippen LogP contribution in [0.2, 0.25) is 0 Å². The first-order chi connectivity index (χ1) is 10.5. The Labute approximate surface area is 129 Å². The van der Waals surface area contributed by atoms with Gasteiger partial charge in [0.1, 0.15) is 12.3 Å². The third-order valence-electron chi connectivity index (χ3n) is 3.41. The van der Waals surface area contributed by atoms with E-state index in [1.165, 1.54) is 12.0 Å². The number of aryl methyl sites for hydroxylation is 2. The number of furan rings is 1. The van der Waals surface area contributed by atoms with Crippen LogP contribution in [-0.2, 0) is 16.1 Å². The van der Waals surface area contributed by atoms with Crippen LogP contribution < -0.4 is 0 Å². The van der Waals surface area contributed by atoms with Crippen molar-refractivity contribution in [3.8, 4) is 0 Å². The molecule has 1 heterocycles. The highest BCUT2D eigenvalue weighted by molar-refractivity contribution is 5.93. The highest BCUT2D eigenvalue weighted by Crippen LogP contribution is 2.15. The van der Waals surface area contributed by atoms with Crippen LogP contribution in [0.15, 0.2) is 40.8 Å². The van der Waals surface area contributed by atoms with E-state index >= 15 is 0 Å². The Hall–Kier alpha value is -2.56. The molecule has 5 heteroatoms. The Morgan fingerprint density at radius 1 is 1.14 bits per heavy atom. The van der Waals surface area contributed by atoms with Gasteiger partial charge in [-0.1, -0.05) is 24.3 Å². The van der Waals surface area contributed by atoms with Gasteiger partial charge in [0, 0.05) is 6.54 Å². The predicted octanol–water partition coefficient (Wildman–Crippen LogP) is 2.71. The first kappa shape index (κ1) is 15.8. The first-order valence-corrected chi connectivity index (χ1v) is 6.98. The summed E-state index contributed by atoms with van der Waals surface area (Å²) in [6.45, 7) is 3.93. The zero-order valence-electron chi connectivity index (χ0n) is 13.0. The van der Waals surface area contributed by atoms with E-state index in [0.717, 1.165) is 11.1 Å². The van der Waals surface area contributed by atoms with Crippen molar-refractivity contribution in [2.75, 3.05) is 13.7 Å². The number of carbonyl (C=O) groups excluding carboxylic acids is 2. The summed E-state index contributed by atoms with van der Waals surface area (Å²) in [5.74, 6) is 0.0687. The lowest BCUT2D eigenvalue weighted by molar-refractivity contribution is -0.141. The number of ether oxygens (including phenoxy) is 1. The SMILES string of the molecule is COC(=O)CN(Cc1ccccc1C)C(=O)c1ccc(C)o1. The Morgan fingerprint density at radius 2 is 1.86 bits per heavy atom. The lowest BCUT2D eigenvalue weighted by atomic mass is 10.1. The van der Waals surface area contributed by atoms with Crippen molar-refractivity contribution in [3.05, 3.63) is 59.0 Å². The van der Waals surface area contributed by atoms with Crippen LogP contribution in [0, 0.1) is 13.8 Å². The lowest BCUT2D eigenvalue weighted by Crippen LogP contribution is -2.35. The molecule has 5 nitrogen and oxygen atoms in total. The number of esters is 1. The molecule has 0 radical (unpaired) electrons. The van der Waals surface area contributed by atoms with E-state index in [-0.39, 0.29) is 18.2 Å². The van der Waals surface area contributed by atoms with Crippen molar-refractivity contribution in [1.29, 1.82) is 0 Å².